The predicted molar refractivity (Wildman–Crippen MR) is 114 cm³/mol. The number of allylic oxidation sites excluding steroid dienone is 1. The van der Waals surface area contributed by atoms with Crippen LogP contribution in [-0.4, -0.2) is 40.1 Å². The highest BCUT2D eigenvalue weighted by molar-refractivity contribution is 5.95. The molecule has 0 radical (unpaired) electrons. The molecule has 0 aliphatic carbocycles. The van der Waals surface area contributed by atoms with Crippen molar-refractivity contribution in [2.45, 2.75) is 6.54 Å². The van der Waals surface area contributed by atoms with E-state index in [1.54, 1.807) is 12.4 Å². The van der Waals surface area contributed by atoms with Crippen LogP contribution >= 0.6 is 0 Å². The zero-order valence-corrected chi connectivity index (χ0v) is 15.9. The summed E-state index contributed by atoms with van der Waals surface area (Å²) in [6, 6.07) is 14.3. The Morgan fingerprint density at radius 3 is 2.60 bits per heavy atom. The molecule has 2 N–H and O–H groups in total. The number of hydrogen-bond acceptors (Lipinski definition) is 7. The molecule has 5 aromatic rings. The van der Waals surface area contributed by atoms with Gasteiger partial charge in [-0.05, 0) is 28.1 Å². The van der Waals surface area contributed by atoms with Gasteiger partial charge in [-0.15, -0.1) is 11.7 Å². The van der Waals surface area contributed by atoms with Crippen LogP contribution in [0.5, 0.6) is 0 Å². The second-order valence-electron chi connectivity index (χ2n) is 6.61. The number of benzene rings is 2. The summed E-state index contributed by atoms with van der Waals surface area (Å²) in [5.74, 6) is 0.988. The summed E-state index contributed by atoms with van der Waals surface area (Å²) < 4.78 is 2.06. The third kappa shape index (κ3) is 3.28. The van der Waals surface area contributed by atoms with E-state index in [1.807, 2.05) is 36.7 Å². The molecular weight excluding hydrogens is 378 g/mol. The molecular formula is C21H17N9. The number of imidazole rings is 1. The molecule has 0 saturated heterocycles. The van der Waals surface area contributed by atoms with E-state index in [2.05, 4.69) is 70.2 Å². The van der Waals surface area contributed by atoms with Crippen LogP contribution in [0.3, 0.4) is 0 Å². The van der Waals surface area contributed by atoms with Crippen LogP contribution in [0.25, 0.3) is 33.5 Å². The lowest BCUT2D eigenvalue weighted by Crippen LogP contribution is -1.99. The number of fused-ring (bicyclic) bond motifs is 1. The van der Waals surface area contributed by atoms with Gasteiger partial charge in [0.1, 0.15) is 0 Å². The number of tetrazole rings is 1. The number of anilines is 2. The highest BCUT2D eigenvalue weighted by atomic mass is 15.5. The van der Waals surface area contributed by atoms with E-state index in [1.165, 1.54) is 0 Å². The highest BCUT2D eigenvalue weighted by Crippen LogP contribution is 2.32. The molecule has 0 aliphatic heterocycles. The van der Waals surface area contributed by atoms with Crippen molar-refractivity contribution < 1.29 is 0 Å². The number of aromatic amines is 1. The van der Waals surface area contributed by atoms with Gasteiger partial charge >= 0.3 is 0 Å². The highest BCUT2D eigenvalue weighted by Gasteiger charge is 2.12. The summed E-state index contributed by atoms with van der Waals surface area (Å²) >= 11 is 0. The average molecular weight is 395 g/mol. The minimum atomic E-state index is 0.472. The number of hydrogen-bond donors (Lipinski definition) is 2. The van der Waals surface area contributed by atoms with Gasteiger partial charge in [0.05, 0.1) is 22.9 Å². The Bertz CT molecular complexity index is 1290. The zero-order chi connectivity index (χ0) is 20.3. The number of aromatic nitrogens is 8. The summed E-state index contributed by atoms with van der Waals surface area (Å²) in [7, 11) is 0. The van der Waals surface area contributed by atoms with Gasteiger partial charge in [-0.1, -0.05) is 36.4 Å². The molecule has 0 aliphatic rings. The molecule has 0 atom stereocenters. The van der Waals surface area contributed by atoms with Gasteiger partial charge in [-0.3, -0.25) is 0 Å². The van der Waals surface area contributed by atoms with Gasteiger partial charge in [-0.25, -0.2) is 20.1 Å². The molecule has 30 heavy (non-hydrogen) atoms. The van der Waals surface area contributed by atoms with Gasteiger partial charge in [0.15, 0.2) is 5.82 Å². The van der Waals surface area contributed by atoms with E-state index in [0.29, 0.717) is 23.9 Å². The smallest absolute Gasteiger partial charge is 0.227 e. The first kappa shape index (κ1) is 17.7. The SMILES string of the molecule is C=CCn1cnc2c(-c3ccccc3)cc(Nc3ncc(-c4nnn[nH]4)cn3)cc21. The molecule has 0 bridgehead atoms. The van der Waals surface area contributed by atoms with Gasteiger partial charge in [0.2, 0.25) is 5.95 Å². The minimum absolute atomic E-state index is 0.472. The van der Waals surface area contributed by atoms with Crippen molar-refractivity contribution in [2.75, 3.05) is 5.32 Å². The van der Waals surface area contributed by atoms with Crippen molar-refractivity contribution in [2.24, 2.45) is 0 Å². The minimum Gasteiger partial charge on any atom is -0.327 e. The summed E-state index contributed by atoms with van der Waals surface area (Å²) in [4.78, 5) is 13.4. The normalized spacial score (nSPS) is 10.9. The number of nitrogens with one attached hydrogen (secondary N) is 2. The first-order chi connectivity index (χ1) is 14.8. The first-order valence-corrected chi connectivity index (χ1v) is 9.30. The van der Waals surface area contributed by atoms with Gasteiger partial charge < -0.3 is 9.88 Å². The third-order valence-corrected chi connectivity index (χ3v) is 4.66. The largest absolute Gasteiger partial charge is 0.327 e. The summed E-state index contributed by atoms with van der Waals surface area (Å²) in [5.41, 5.74) is 5.62. The number of nitrogens with zero attached hydrogens (tertiary/aromatic N) is 7. The molecule has 0 spiro atoms. The molecule has 0 fully saturated rings. The molecule has 9 heteroatoms. The maximum Gasteiger partial charge on any atom is 0.227 e. The molecule has 3 heterocycles. The maximum absolute atomic E-state index is 4.64. The fourth-order valence-corrected chi connectivity index (χ4v) is 3.28. The summed E-state index contributed by atoms with van der Waals surface area (Å²) in [6.45, 7) is 4.51. The van der Waals surface area contributed by atoms with Crippen LogP contribution in [0.15, 0.2) is 73.8 Å². The molecule has 0 unspecified atom stereocenters. The van der Waals surface area contributed by atoms with Crippen molar-refractivity contribution in [3.05, 3.63) is 73.8 Å². The topological polar surface area (TPSA) is 110 Å². The fraction of sp³-hybridized carbons (Fsp3) is 0.0476. The molecule has 9 nitrogen and oxygen atoms in total. The van der Waals surface area contributed by atoms with Crippen LogP contribution in [0.1, 0.15) is 0 Å². The Balaban J connectivity index is 1.55. The van der Waals surface area contributed by atoms with E-state index in [4.69, 9.17) is 0 Å². The molecule has 0 saturated carbocycles. The zero-order valence-electron chi connectivity index (χ0n) is 15.9. The lowest BCUT2D eigenvalue weighted by atomic mass is 10.0. The Kier molecular flexibility index (Phi) is 4.45. The van der Waals surface area contributed by atoms with Crippen LogP contribution in [0.4, 0.5) is 11.6 Å². The van der Waals surface area contributed by atoms with Crippen LogP contribution in [0.2, 0.25) is 0 Å². The monoisotopic (exact) mass is 395 g/mol. The van der Waals surface area contributed by atoms with Crippen LogP contribution in [0, 0.1) is 0 Å². The second-order valence-corrected chi connectivity index (χ2v) is 6.61. The Hall–Kier alpha value is -4.40. The Morgan fingerprint density at radius 2 is 1.87 bits per heavy atom. The van der Waals surface area contributed by atoms with Gasteiger partial charge in [0, 0.05) is 30.2 Å². The van der Waals surface area contributed by atoms with E-state index >= 15 is 0 Å². The van der Waals surface area contributed by atoms with E-state index in [9.17, 15) is 0 Å². The summed E-state index contributed by atoms with van der Waals surface area (Å²) in [6.07, 6.45) is 7.01. The Morgan fingerprint density at radius 1 is 1.03 bits per heavy atom. The maximum atomic E-state index is 4.64. The van der Waals surface area contributed by atoms with Crippen molar-refractivity contribution in [1.82, 2.24) is 40.1 Å². The fourth-order valence-electron chi connectivity index (χ4n) is 3.28. The molecule has 3 aromatic heterocycles. The second kappa shape index (κ2) is 7.55. The lowest BCUT2D eigenvalue weighted by molar-refractivity contribution is 0.851. The van der Waals surface area contributed by atoms with Crippen molar-refractivity contribution in [1.29, 1.82) is 0 Å². The van der Waals surface area contributed by atoms with Crippen molar-refractivity contribution in [3.63, 3.8) is 0 Å². The first-order valence-electron chi connectivity index (χ1n) is 9.30. The quantitative estimate of drug-likeness (QED) is 0.423. The van der Waals surface area contributed by atoms with E-state index in [0.717, 1.165) is 27.8 Å². The van der Waals surface area contributed by atoms with Gasteiger partial charge in [-0.2, -0.15) is 0 Å². The number of rotatable bonds is 6. The number of H-pyrrole nitrogens is 1. The third-order valence-electron chi connectivity index (χ3n) is 4.66. The predicted octanol–water partition coefficient (Wildman–Crippen LogP) is 3.60. The Labute approximate surface area is 171 Å². The molecule has 2 aromatic carbocycles. The molecule has 5 rings (SSSR count). The van der Waals surface area contributed by atoms with E-state index < -0.39 is 0 Å². The van der Waals surface area contributed by atoms with Crippen molar-refractivity contribution in [3.8, 4) is 22.5 Å². The standard InChI is InChI=1S/C21H17N9/c1-2-8-30-13-24-19-17(14-6-4-3-5-7-14)9-16(10-18(19)30)25-21-22-11-15(12-23-21)20-26-28-29-27-20/h2-7,9-13H,1,8H2,(H,22,23,25)(H,26,27,28,29). The molecule has 146 valence electrons. The van der Waals surface area contributed by atoms with E-state index in [-0.39, 0.29) is 0 Å². The van der Waals surface area contributed by atoms with Crippen LogP contribution < -0.4 is 5.32 Å². The van der Waals surface area contributed by atoms with Crippen LogP contribution in [-0.2, 0) is 6.54 Å². The lowest BCUT2D eigenvalue weighted by Gasteiger charge is -2.10. The van der Waals surface area contributed by atoms with Crippen molar-refractivity contribution >= 4 is 22.7 Å². The van der Waals surface area contributed by atoms with Gasteiger partial charge in [0.25, 0.3) is 0 Å². The average Bonchev–Trinajstić information content (AvgIpc) is 3.46. The molecule has 0 amide bonds. The summed E-state index contributed by atoms with van der Waals surface area (Å²) in [5, 5.41) is 17.0.